The monoisotopic (exact) mass is 372 g/mol. The third-order valence-corrected chi connectivity index (χ3v) is 5.81. The van der Waals surface area contributed by atoms with Crippen molar-refractivity contribution >= 4 is 39.2 Å². The first kappa shape index (κ1) is 16.2. The zero-order valence-electron chi connectivity index (χ0n) is 13.8. The lowest BCUT2D eigenvalue weighted by atomic mass is 10.2. The number of carbonyl (C=O) groups excluding carboxylic acids is 1. The summed E-state index contributed by atoms with van der Waals surface area (Å²) in [4.78, 5) is 18.6. The Bertz CT molecular complexity index is 1040. The van der Waals surface area contributed by atoms with Gasteiger partial charge in [0.05, 0.1) is 10.2 Å². The number of rotatable bonds is 2. The number of carbonyl (C=O) groups is 1. The number of fused-ring (bicyclic) bond motifs is 2. The molecule has 0 saturated carbocycles. The van der Waals surface area contributed by atoms with Crippen LogP contribution in [0.5, 0.6) is 11.5 Å². The highest BCUT2D eigenvalue weighted by atomic mass is 32.2. The van der Waals surface area contributed by atoms with Gasteiger partial charge in [-0.15, -0.1) is 11.8 Å². The van der Waals surface area contributed by atoms with E-state index in [0.717, 1.165) is 26.6 Å². The molecule has 5 nitrogen and oxygen atoms in total. The Morgan fingerprint density at radius 2 is 1.96 bits per heavy atom. The number of aryl methyl sites for hydroxylation is 1. The van der Waals surface area contributed by atoms with Crippen LogP contribution in [0.1, 0.15) is 10.4 Å². The summed E-state index contributed by atoms with van der Waals surface area (Å²) in [6.45, 7) is 1.10. The lowest BCUT2D eigenvalue weighted by Gasteiger charge is -2.18. The summed E-state index contributed by atoms with van der Waals surface area (Å²) in [6, 6.07) is 11.4. The average Bonchev–Trinajstić information content (AvgIpc) is 2.95. The molecule has 128 valence electrons. The van der Waals surface area contributed by atoms with E-state index in [1.807, 2.05) is 48.2 Å². The summed E-state index contributed by atoms with van der Waals surface area (Å²) in [7, 11) is 1.90. The maximum Gasteiger partial charge on any atom is 0.279 e. The van der Waals surface area contributed by atoms with E-state index in [-0.39, 0.29) is 5.91 Å². The van der Waals surface area contributed by atoms with E-state index in [1.54, 1.807) is 17.8 Å². The smallest absolute Gasteiger partial charge is 0.279 e. The second kappa shape index (κ2) is 6.57. The minimum Gasteiger partial charge on any atom is -0.486 e. The summed E-state index contributed by atoms with van der Waals surface area (Å²) < 4.78 is 14.2. The van der Waals surface area contributed by atoms with Gasteiger partial charge in [0.2, 0.25) is 0 Å². The summed E-state index contributed by atoms with van der Waals surface area (Å²) in [5.41, 5.74) is 1.56. The topological polar surface area (TPSA) is 52.8 Å². The molecule has 25 heavy (non-hydrogen) atoms. The molecule has 0 saturated heterocycles. The van der Waals surface area contributed by atoms with Crippen LogP contribution in [0, 0.1) is 0 Å². The van der Waals surface area contributed by atoms with Crippen molar-refractivity contribution in [1.82, 2.24) is 4.57 Å². The SMILES string of the molecule is CSc1cccc(C(=O)N=c2sc3cc4c(cc3n2C)OCCO4)c1. The van der Waals surface area contributed by atoms with Crippen molar-refractivity contribution in [2.24, 2.45) is 12.0 Å². The Balaban J connectivity index is 1.78. The number of benzene rings is 2. The molecule has 3 aromatic rings. The number of nitrogens with zero attached hydrogens (tertiary/aromatic N) is 2. The quantitative estimate of drug-likeness (QED) is 0.647. The summed E-state index contributed by atoms with van der Waals surface area (Å²) in [5, 5.41) is 0. The molecule has 0 radical (unpaired) electrons. The Morgan fingerprint density at radius 1 is 1.20 bits per heavy atom. The standard InChI is InChI=1S/C18H16N2O3S2/c1-20-13-9-14-15(23-7-6-22-14)10-16(13)25-18(20)19-17(21)11-4-3-5-12(8-11)24-2/h3-5,8-10H,6-7H2,1-2H3. The number of amides is 1. The van der Waals surface area contributed by atoms with Gasteiger partial charge in [-0.05, 0) is 24.5 Å². The fourth-order valence-electron chi connectivity index (χ4n) is 2.68. The lowest BCUT2D eigenvalue weighted by molar-refractivity contribution is 0.0997. The Morgan fingerprint density at radius 3 is 2.72 bits per heavy atom. The molecule has 1 aliphatic rings. The van der Waals surface area contributed by atoms with Gasteiger partial charge in [0.15, 0.2) is 16.3 Å². The van der Waals surface area contributed by atoms with Gasteiger partial charge < -0.3 is 14.0 Å². The first-order chi connectivity index (χ1) is 12.2. The minimum atomic E-state index is -0.240. The number of aromatic nitrogens is 1. The van der Waals surface area contributed by atoms with Gasteiger partial charge in [0, 0.05) is 29.6 Å². The fraction of sp³-hybridized carbons (Fsp3) is 0.222. The molecule has 0 N–H and O–H groups in total. The average molecular weight is 372 g/mol. The van der Waals surface area contributed by atoms with Crippen molar-refractivity contribution < 1.29 is 14.3 Å². The molecule has 2 aromatic carbocycles. The van der Waals surface area contributed by atoms with E-state index in [2.05, 4.69) is 4.99 Å². The zero-order valence-corrected chi connectivity index (χ0v) is 15.4. The maximum atomic E-state index is 12.5. The maximum absolute atomic E-state index is 12.5. The van der Waals surface area contributed by atoms with Crippen molar-refractivity contribution in [2.45, 2.75) is 4.90 Å². The summed E-state index contributed by atoms with van der Waals surface area (Å²) in [5.74, 6) is 1.24. The van der Waals surface area contributed by atoms with E-state index in [1.165, 1.54) is 11.3 Å². The van der Waals surface area contributed by atoms with Crippen LogP contribution in [0.3, 0.4) is 0 Å². The lowest BCUT2D eigenvalue weighted by Crippen LogP contribution is -2.15. The third-order valence-electron chi connectivity index (χ3n) is 3.99. The first-order valence-electron chi connectivity index (χ1n) is 7.78. The fourth-order valence-corrected chi connectivity index (χ4v) is 4.16. The molecule has 4 rings (SSSR count). The van der Waals surface area contributed by atoms with Gasteiger partial charge in [0.1, 0.15) is 13.2 Å². The molecular formula is C18H16N2O3S2. The minimum absolute atomic E-state index is 0.240. The van der Waals surface area contributed by atoms with Crippen LogP contribution in [0.4, 0.5) is 0 Å². The summed E-state index contributed by atoms with van der Waals surface area (Å²) in [6.07, 6.45) is 1.98. The van der Waals surface area contributed by atoms with Crippen molar-refractivity contribution in [3.8, 4) is 11.5 Å². The highest BCUT2D eigenvalue weighted by Gasteiger charge is 2.15. The molecule has 0 spiro atoms. The molecule has 2 heterocycles. The van der Waals surface area contributed by atoms with E-state index >= 15 is 0 Å². The van der Waals surface area contributed by atoms with E-state index in [0.29, 0.717) is 23.6 Å². The molecule has 1 amide bonds. The Kier molecular flexibility index (Phi) is 4.27. The summed E-state index contributed by atoms with van der Waals surface area (Å²) >= 11 is 3.07. The Labute approximate surface area is 152 Å². The highest BCUT2D eigenvalue weighted by Crippen LogP contribution is 2.35. The third kappa shape index (κ3) is 3.05. The zero-order chi connectivity index (χ0) is 17.4. The predicted molar refractivity (Wildman–Crippen MR) is 99.9 cm³/mol. The largest absolute Gasteiger partial charge is 0.486 e. The van der Waals surface area contributed by atoms with Gasteiger partial charge in [-0.1, -0.05) is 17.4 Å². The van der Waals surface area contributed by atoms with Gasteiger partial charge in [-0.3, -0.25) is 4.79 Å². The molecule has 1 aromatic heterocycles. The normalized spacial score (nSPS) is 14.1. The van der Waals surface area contributed by atoms with Crippen LogP contribution in [-0.4, -0.2) is 29.9 Å². The van der Waals surface area contributed by atoms with Crippen LogP contribution in [0.15, 0.2) is 46.3 Å². The van der Waals surface area contributed by atoms with Crippen LogP contribution in [0.2, 0.25) is 0 Å². The number of thiazole rings is 1. The molecule has 0 fully saturated rings. The van der Waals surface area contributed by atoms with Crippen molar-refractivity contribution in [3.05, 3.63) is 46.8 Å². The van der Waals surface area contributed by atoms with Gasteiger partial charge in [-0.2, -0.15) is 4.99 Å². The number of hydrogen-bond donors (Lipinski definition) is 0. The predicted octanol–water partition coefficient (Wildman–Crippen LogP) is 3.47. The van der Waals surface area contributed by atoms with Crippen LogP contribution in [-0.2, 0) is 7.05 Å². The van der Waals surface area contributed by atoms with E-state index in [4.69, 9.17) is 9.47 Å². The molecule has 0 bridgehead atoms. The second-order valence-electron chi connectivity index (χ2n) is 5.56. The number of ether oxygens (including phenoxy) is 2. The molecule has 0 aliphatic carbocycles. The Hall–Kier alpha value is -2.25. The molecular weight excluding hydrogens is 356 g/mol. The van der Waals surface area contributed by atoms with Crippen molar-refractivity contribution in [1.29, 1.82) is 0 Å². The van der Waals surface area contributed by atoms with Crippen LogP contribution in [0.25, 0.3) is 10.2 Å². The number of thioether (sulfide) groups is 1. The van der Waals surface area contributed by atoms with Crippen LogP contribution >= 0.6 is 23.1 Å². The van der Waals surface area contributed by atoms with Gasteiger partial charge >= 0.3 is 0 Å². The highest BCUT2D eigenvalue weighted by molar-refractivity contribution is 7.98. The molecule has 1 aliphatic heterocycles. The molecule has 0 unspecified atom stereocenters. The van der Waals surface area contributed by atoms with Crippen molar-refractivity contribution in [3.63, 3.8) is 0 Å². The second-order valence-corrected chi connectivity index (χ2v) is 7.44. The number of hydrogen-bond acceptors (Lipinski definition) is 5. The molecule has 7 heteroatoms. The van der Waals surface area contributed by atoms with Crippen molar-refractivity contribution in [2.75, 3.05) is 19.5 Å². The van der Waals surface area contributed by atoms with Gasteiger partial charge in [0.25, 0.3) is 5.91 Å². The molecule has 0 atom stereocenters. The van der Waals surface area contributed by atoms with E-state index in [9.17, 15) is 4.79 Å². The van der Waals surface area contributed by atoms with E-state index < -0.39 is 0 Å². The first-order valence-corrected chi connectivity index (χ1v) is 9.82. The van der Waals surface area contributed by atoms with Gasteiger partial charge in [-0.25, -0.2) is 0 Å². The van der Waals surface area contributed by atoms with Crippen LogP contribution < -0.4 is 14.3 Å².